The Labute approximate surface area is 280 Å². The minimum absolute atomic E-state index is 0.0307. The Bertz CT molecular complexity index is 1570. The number of ketones is 2. The molecule has 0 saturated heterocycles. The number of aliphatic hydroxyl groups excluding tert-OH is 1. The van der Waals surface area contributed by atoms with Crippen molar-refractivity contribution in [3.63, 3.8) is 0 Å². The molecule has 0 spiro atoms. The van der Waals surface area contributed by atoms with Gasteiger partial charge in [-0.1, -0.05) is 62.2 Å². The Morgan fingerprint density at radius 3 is 2.32 bits per heavy atom. The molecule has 0 unspecified atom stereocenters. The van der Waals surface area contributed by atoms with Crippen molar-refractivity contribution in [3.8, 4) is 0 Å². The maximum Gasteiger partial charge on any atom is 0.309 e. The van der Waals surface area contributed by atoms with Crippen molar-refractivity contribution in [3.05, 3.63) is 58.2 Å². The van der Waals surface area contributed by atoms with Crippen molar-refractivity contribution in [2.45, 2.75) is 110 Å². The summed E-state index contributed by atoms with van der Waals surface area (Å²) in [5.74, 6) is -3.87. The number of aryl methyl sites for hydroxylation is 3. The van der Waals surface area contributed by atoms with E-state index in [-0.39, 0.29) is 42.3 Å². The maximum atomic E-state index is 17.8. The van der Waals surface area contributed by atoms with Gasteiger partial charge in [-0.05, 0) is 94.6 Å². The van der Waals surface area contributed by atoms with E-state index >= 15 is 8.78 Å². The van der Waals surface area contributed by atoms with Gasteiger partial charge in [-0.25, -0.2) is 8.78 Å². The number of benzene rings is 1. The molecule has 47 heavy (non-hydrogen) atoms. The van der Waals surface area contributed by atoms with Gasteiger partial charge in [0.05, 0.1) is 17.8 Å². The topological polar surface area (TPSA) is 97.7 Å². The molecule has 6 rings (SSSR count). The van der Waals surface area contributed by atoms with Gasteiger partial charge in [0.1, 0.15) is 6.17 Å². The second-order valence-electron chi connectivity index (χ2n) is 15.4. The van der Waals surface area contributed by atoms with Gasteiger partial charge in [0, 0.05) is 28.2 Å². The number of fused-ring (bicyclic) bond motifs is 5. The summed E-state index contributed by atoms with van der Waals surface area (Å²) in [7, 11) is 0. The summed E-state index contributed by atoms with van der Waals surface area (Å²) in [5, 5.41) is 11.4. The number of Topliss-reactive ketones (excluding diaryl/α,β-unsaturated/α-hetero) is 1. The van der Waals surface area contributed by atoms with E-state index in [4.69, 9.17) is 4.74 Å². The van der Waals surface area contributed by atoms with Crippen LogP contribution >= 0.6 is 11.8 Å². The number of ether oxygens (including phenoxy) is 1. The molecule has 0 heterocycles. The number of esters is 1. The van der Waals surface area contributed by atoms with Crippen molar-refractivity contribution < 1.29 is 37.8 Å². The van der Waals surface area contributed by atoms with Gasteiger partial charge in [0.2, 0.25) is 5.12 Å². The highest BCUT2D eigenvalue weighted by Crippen LogP contribution is 2.72. The molecule has 4 saturated carbocycles. The first-order valence-electron chi connectivity index (χ1n) is 17.0. The first-order valence-corrected chi connectivity index (χ1v) is 18.0. The van der Waals surface area contributed by atoms with Gasteiger partial charge in [-0.3, -0.25) is 19.2 Å². The average Bonchev–Trinajstić information content (AvgIpc) is 3.60. The van der Waals surface area contributed by atoms with E-state index in [0.29, 0.717) is 18.4 Å². The largest absolute Gasteiger partial charge is 0.449 e. The number of alkyl halides is 2. The Kier molecular flexibility index (Phi) is 8.55. The van der Waals surface area contributed by atoms with E-state index in [1.807, 2.05) is 39.8 Å². The first-order chi connectivity index (χ1) is 22.0. The Morgan fingerprint density at radius 2 is 1.68 bits per heavy atom. The number of carbonyl (C=O) groups excluding carboxylic acids is 4. The van der Waals surface area contributed by atoms with Crippen molar-refractivity contribution in [1.82, 2.24) is 0 Å². The van der Waals surface area contributed by atoms with Crippen LogP contribution in [0.25, 0.3) is 0 Å². The molecule has 5 aliphatic rings. The molecule has 6 nitrogen and oxygen atoms in total. The lowest BCUT2D eigenvalue weighted by Crippen LogP contribution is -2.70. The fourth-order valence-corrected chi connectivity index (χ4v) is 11.6. The minimum atomic E-state index is -2.32. The van der Waals surface area contributed by atoms with Crippen LogP contribution in [-0.2, 0) is 19.1 Å². The third-order valence-electron chi connectivity index (χ3n) is 12.7. The molecule has 0 bridgehead atoms. The van der Waals surface area contributed by atoms with Crippen LogP contribution in [0.5, 0.6) is 0 Å². The fourth-order valence-electron chi connectivity index (χ4n) is 10.6. The Hall–Kier alpha value is -2.65. The zero-order valence-corrected chi connectivity index (χ0v) is 29.0. The zero-order valence-electron chi connectivity index (χ0n) is 28.2. The molecule has 9 heteroatoms. The van der Waals surface area contributed by atoms with E-state index in [0.717, 1.165) is 47.4 Å². The summed E-state index contributed by atoms with van der Waals surface area (Å²) in [6, 6.07) is 3.85. The molecule has 5 aliphatic carbocycles. The van der Waals surface area contributed by atoms with Crippen molar-refractivity contribution in [1.29, 1.82) is 0 Å². The van der Waals surface area contributed by atoms with Gasteiger partial charge >= 0.3 is 5.97 Å². The molecule has 0 amide bonds. The number of allylic oxidation sites excluding steroid dienone is 4. The molecule has 0 aliphatic heterocycles. The molecule has 0 radical (unpaired) electrons. The molecule has 1 N–H and O–H groups in total. The van der Waals surface area contributed by atoms with E-state index in [1.165, 1.54) is 12.2 Å². The third kappa shape index (κ3) is 4.87. The van der Waals surface area contributed by atoms with Crippen LogP contribution < -0.4 is 0 Å². The molecule has 0 aromatic heterocycles. The first kappa shape index (κ1) is 34.2. The molecular weight excluding hydrogens is 622 g/mol. The standard InChI is InChI=1S/C38H46F2O6S/c1-20-13-21(2)32(22(3)14-20)30(42)19-47-34(45)38(46-33(44)24-9-7-8-10-24)23(4)15-26-27-17-29(39)28-16-25(41)11-12-35(28,5)37(27,40)31(43)18-36(26,38)6/h11-14,16,23-24,26-27,29,31,43H,7-10,15,17-19H2,1-6H3/t23-,26+,27+,29+,31+,35+,36+,37+,38+/m1/s1. The Balaban J connectivity index is 1.39. The summed E-state index contributed by atoms with van der Waals surface area (Å²) < 4.78 is 40.3. The van der Waals surface area contributed by atoms with Crippen molar-refractivity contribution in [2.75, 3.05) is 5.75 Å². The van der Waals surface area contributed by atoms with Crippen LogP contribution in [0.4, 0.5) is 8.78 Å². The predicted octanol–water partition coefficient (Wildman–Crippen LogP) is 7.09. The summed E-state index contributed by atoms with van der Waals surface area (Å²) in [6.07, 6.45) is 3.39. The number of hydrogen-bond acceptors (Lipinski definition) is 7. The number of carbonyl (C=O) groups is 4. The van der Waals surface area contributed by atoms with Gasteiger partial charge < -0.3 is 9.84 Å². The van der Waals surface area contributed by atoms with Gasteiger partial charge in [-0.15, -0.1) is 0 Å². The molecule has 254 valence electrons. The lowest BCUT2D eigenvalue weighted by Gasteiger charge is -2.63. The van der Waals surface area contributed by atoms with Crippen LogP contribution in [0.2, 0.25) is 0 Å². The van der Waals surface area contributed by atoms with E-state index in [9.17, 15) is 24.3 Å². The summed E-state index contributed by atoms with van der Waals surface area (Å²) >= 11 is 0.815. The summed E-state index contributed by atoms with van der Waals surface area (Å²) in [5.41, 5.74) is -3.63. The van der Waals surface area contributed by atoms with Crippen LogP contribution in [-0.4, -0.2) is 57.1 Å². The van der Waals surface area contributed by atoms with Crippen molar-refractivity contribution in [2.24, 2.45) is 34.5 Å². The zero-order chi connectivity index (χ0) is 34.3. The van der Waals surface area contributed by atoms with Crippen LogP contribution in [0.3, 0.4) is 0 Å². The number of aliphatic hydroxyl groups is 1. The molecule has 9 atom stereocenters. The van der Waals surface area contributed by atoms with E-state index in [2.05, 4.69) is 0 Å². The third-order valence-corrected chi connectivity index (χ3v) is 13.7. The highest BCUT2D eigenvalue weighted by Gasteiger charge is 2.78. The molecule has 1 aromatic carbocycles. The van der Waals surface area contributed by atoms with Crippen LogP contribution in [0, 0.1) is 55.3 Å². The molecule has 1 aromatic rings. The SMILES string of the molecule is Cc1cc(C)c(C(=O)CSC(=O)[C@@]2(OC(=O)C3CCCC3)[C@H](C)C[C@H]3[C@@H]4C[C@H](F)C5=CC(=O)C=C[C@]5(C)[C@@]4(F)[C@@H](O)C[C@@]32C)c(C)c1. The molecular formula is C38H46F2O6S. The highest BCUT2D eigenvalue weighted by atomic mass is 32.2. The predicted molar refractivity (Wildman–Crippen MR) is 176 cm³/mol. The minimum Gasteiger partial charge on any atom is -0.449 e. The summed E-state index contributed by atoms with van der Waals surface area (Å²) in [4.78, 5) is 54.3. The second kappa shape index (κ2) is 11.7. The number of hydrogen-bond donors (Lipinski definition) is 1. The number of thioether (sulfide) groups is 1. The number of halogens is 2. The lowest BCUT2D eigenvalue weighted by molar-refractivity contribution is -0.229. The van der Waals surface area contributed by atoms with Gasteiger partial charge in [0.15, 0.2) is 22.8 Å². The quantitative estimate of drug-likeness (QED) is 0.255. The molecule has 4 fully saturated rings. The normalized spacial score (nSPS) is 39.6. The second-order valence-corrected chi connectivity index (χ2v) is 16.4. The summed E-state index contributed by atoms with van der Waals surface area (Å²) in [6.45, 7) is 10.8. The van der Waals surface area contributed by atoms with Gasteiger partial charge in [0.25, 0.3) is 0 Å². The monoisotopic (exact) mass is 668 g/mol. The maximum absolute atomic E-state index is 17.8. The average molecular weight is 669 g/mol. The van der Waals surface area contributed by atoms with Crippen LogP contribution in [0.1, 0.15) is 92.8 Å². The van der Waals surface area contributed by atoms with Crippen LogP contribution in [0.15, 0.2) is 35.9 Å². The van der Waals surface area contributed by atoms with E-state index < -0.39 is 69.0 Å². The smallest absolute Gasteiger partial charge is 0.309 e. The highest BCUT2D eigenvalue weighted by molar-refractivity contribution is 8.14. The fraction of sp³-hybridized carbons (Fsp3) is 0.632. The van der Waals surface area contributed by atoms with E-state index in [1.54, 1.807) is 13.8 Å². The lowest BCUT2D eigenvalue weighted by atomic mass is 9.44. The van der Waals surface area contributed by atoms with Gasteiger partial charge in [-0.2, -0.15) is 0 Å². The Morgan fingerprint density at radius 1 is 1.04 bits per heavy atom. The van der Waals surface area contributed by atoms with Crippen molar-refractivity contribution >= 4 is 34.4 Å². The number of rotatable bonds is 6.